The number of nitrogens with two attached hydrogens (primary N) is 1. The van der Waals surface area contributed by atoms with Crippen molar-refractivity contribution in [3.8, 4) is 0 Å². The van der Waals surface area contributed by atoms with E-state index in [1.54, 1.807) is 0 Å². The first kappa shape index (κ1) is 23.7. The van der Waals surface area contributed by atoms with Crippen LogP contribution in [0.4, 0.5) is 5.69 Å². The van der Waals surface area contributed by atoms with Gasteiger partial charge in [-0.25, -0.2) is 0 Å². The fourth-order valence-electron chi connectivity index (χ4n) is 4.29. The second kappa shape index (κ2) is 11.6. The van der Waals surface area contributed by atoms with Crippen LogP contribution in [0, 0.1) is 5.41 Å². The number of nitrogens with zero attached hydrogens (tertiary/aromatic N) is 1. The Kier molecular flexibility index (Phi) is 8.60. The number of hydrogen-bond donors (Lipinski definition) is 3. The van der Waals surface area contributed by atoms with Gasteiger partial charge in [0.2, 0.25) is 0 Å². The molecule has 0 saturated heterocycles. The third-order valence-electron chi connectivity index (χ3n) is 5.97. The third-order valence-corrected chi connectivity index (χ3v) is 5.97. The number of benzene rings is 2. The third kappa shape index (κ3) is 6.06. The Morgan fingerprint density at radius 1 is 1.06 bits per heavy atom. The van der Waals surface area contributed by atoms with Crippen LogP contribution in [0.15, 0.2) is 71.8 Å². The molecule has 0 bridgehead atoms. The lowest BCUT2D eigenvalue weighted by molar-refractivity contribution is 0.288. The molecule has 0 atom stereocenters. The quantitative estimate of drug-likeness (QED) is 0.141. The zero-order valence-electron chi connectivity index (χ0n) is 19.6. The van der Waals surface area contributed by atoms with Gasteiger partial charge < -0.3 is 11.1 Å². The Balaban J connectivity index is 1.99. The van der Waals surface area contributed by atoms with Crippen molar-refractivity contribution in [1.82, 2.24) is 10.4 Å². The average Bonchev–Trinajstić information content (AvgIpc) is 2.82. The van der Waals surface area contributed by atoms with Crippen molar-refractivity contribution >= 4 is 23.0 Å². The first-order chi connectivity index (χ1) is 15.5. The molecular formula is C28H36N4. The van der Waals surface area contributed by atoms with Crippen LogP contribution in [-0.2, 0) is 0 Å². The van der Waals surface area contributed by atoms with E-state index < -0.39 is 0 Å². The van der Waals surface area contributed by atoms with E-state index in [4.69, 9.17) is 11.1 Å². The van der Waals surface area contributed by atoms with E-state index in [-0.39, 0.29) is 0 Å². The fourth-order valence-corrected chi connectivity index (χ4v) is 4.29. The molecule has 0 heterocycles. The van der Waals surface area contributed by atoms with Crippen LogP contribution in [0.5, 0.6) is 0 Å². The topological polar surface area (TPSA) is 65.1 Å². The molecule has 1 aliphatic carbocycles. The molecule has 0 spiro atoms. The monoisotopic (exact) mass is 428 g/mol. The molecule has 3 rings (SSSR count). The van der Waals surface area contributed by atoms with Crippen molar-refractivity contribution in [2.75, 3.05) is 26.4 Å². The van der Waals surface area contributed by atoms with Crippen molar-refractivity contribution in [2.24, 2.45) is 0 Å². The first-order valence-electron chi connectivity index (χ1n) is 11.5. The van der Waals surface area contributed by atoms with Gasteiger partial charge in [-0.2, -0.15) is 0 Å². The van der Waals surface area contributed by atoms with Gasteiger partial charge in [-0.1, -0.05) is 61.0 Å². The smallest absolute Gasteiger partial charge is 0.0403 e. The summed E-state index contributed by atoms with van der Waals surface area (Å²) in [4.78, 5) is 0. The minimum Gasteiger partial charge on any atom is -0.398 e. The van der Waals surface area contributed by atoms with Gasteiger partial charge in [-0.05, 0) is 72.1 Å². The lowest BCUT2D eigenvalue weighted by Gasteiger charge is -2.22. The van der Waals surface area contributed by atoms with E-state index in [9.17, 15) is 0 Å². The minimum absolute atomic E-state index is 0.645. The van der Waals surface area contributed by atoms with Gasteiger partial charge in [0.05, 0.1) is 0 Å². The zero-order chi connectivity index (χ0) is 22.9. The van der Waals surface area contributed by atoms with E-state index in [0.29, 0.717) is 5.69 Å². The normalized spacial score (nSPS) is 14.6. The summed E-state index contributed by atoms with van der Waals surface area (Å²) in [5, 5.41) is 9.77. The Morgan fingerprint density at radius 2 is 1.84 bits per heavy atom. The summed E-state index contributed by atoms with van der Waals surface area (Å²) in [5.74, 6) is 0. The van der Waals surface area contributed by atoms with Gasteiger partial charge in [0, 0.05) is 38.1 Å². The van der Waals surface area contributed by atoms with Crippen LogP contribution in [0.25, 0.3) is 11.1 Å². The molecule has 32 heavy (non-hydrogen) atoms. The number of rotatable bonds is 10. The van der Waals surface area contributed by atoms with Crippen molar-refractivity contribution in [2.45, 2.75) is 39.0 Å². The Labute approximate surface area is 193 Å². The highest BCUT2D eigenvalue weighted by molar-refractivity contribution is 6.00. The van der Waals surface area contributed by atoms with Crippen LogP contribution in [-0.4, -0.2) is 31.9 Å². The van der Waals surface area contributed by atoms with Gasteiger partial charge >= 0.3 is 0 Å². The van der Waals surface area contributed by atoms with Crippen molar-refractivity contribution < 1.29 is 0 Å². The summed E-state index contributed by atoms with van der Waals surface area (Å²) < 4.78 is 0. The fraction of sp³-hybridized carbons (Fsp3) is 0.321. The molecule has 4 heteroatoms. The van der Waals surface area contributed by atoms with Crippen LogP contribution >= 0.6 is 0 Å². The molecule has 0 aliphatic heterocycles. The second-order valence-electron chi connectivity index (χ2n) is 8.48. The van der Waals surface area contributed by atoms with E-state index in [2.05, 4.69) is 67.0 Å². The Morgan fingerprint density at radius 3 is 2.47 bits per heavy atom. The molecule has 4 N–H and O–H groups in total. The van der Waals surface area contributed by atoms with Crippen molar-refractivity contribution in [1.29, 1.82) is 5.41 Å². The molecule has 0 fully saturated rings. The van der Waals surface area contributed by atoms with Gasteiger partial charge in [0.25, 0.3) is 0 Å². The summed E-state index contributed by atoms with van der Waals surface area (Å²) in [5.41, 5.74) is 18.7. The minimum atomic E-state index is 0.645. The summed E-state index contributed by atoms with van der Waals surface area (Å²) in [6.07, 6.45) is 11.3. The molecule has 2 aromatic carbocycles. The van der Waals surface area contributed by atoms with E-state index >= 15 is 0 Å². The largest absolute Gasteiger partial charge is 0.398 e. The van der Waals surface area contributed by atoms with E-state index in [1.165, 1.54) is 34.1 Å². The standard InChI is InChI=1S/C28H36N4/c1-4-26(22-10-6-5-7-11-22)28(24-16-17-27(30)25(19-24)20-29)23-14-12-21(13-15-23)9-8-18-31-32(2)3/h5-7,10-12,14,16-17,19-20,29,31H,4,8-9,13,15,18,30H2,1-3H3/b28-26+,29-20?. The summed E-state index contributed by atoms with van der Waals surface area (Å²) in [6.45, 7) is 3.22. The van der Waals surface area contributed by atoms with Crippen LogP contribution in [0.3, 0.4) is 0 Å². The molecule has 1 aliphatic rings. The van der Waals surface area contributed by atoms with Crippen LogP contribution < -0.4 is 11.2 Å². The molecule has 0 unspecified atom stereocenters. The predicted molar refractivity (Wildman–Crippen MR) is 139 cm³/mol. The number of hydrogen-bond acceptors (Lipinski definition) is 4. The number of anilines is 1. The number of nitrogens with one attached hydrogen (secondary N) is 2. The molecule has 168 valence electrons. The van der Waals surface area contributed by atoms with E-state index in [0.717, 1.165) is 49.8 Å². The second-order valence-corrected chi connectivity index (χ2v) is 8.48. The SMILES string of the molecule is CC/C(=C(/C1=CC=C(CCCNN(C)C)CC1)c1ccc(N)c(C=N)c1)c1ccccc1. The van der Waals surface area contributed by atoms with Crippen molar-refractivity contribution in [3.05, 3.63) is 88.5 Å². The number of hydrazine groups is 1. The molecule has 4 nitrogen and oxygen atoms in total. The van der Waals surface area contributed by atoms with Crippen LogP contribution in [0.2, 0.25) is 0 Å². The number of nitrogen functional groups attached to an aromatic ring is 1. The maximum absolute atomic E-state index is 7.76. The molecule has 0 radical (unpaired) electrons. The Bertz CT molecular complexity index is 1010. The van der Waals surface area contributed by atoms with Gasteiger partial charge in [-0.3, -0.25) is 10.4 Å². The lowest BCUT2D eigenvalue weighted by Crippen LogP contribution is -2.31. The number of allylic oxidation sites excluding steroid dienone is 6. The van der Waals surface area contributed by atoms with Crippen molar-refractivity contribution in [3.63, 3.8) is 0 Å². The Hall–Kier alpha value is -2.95. The maximum Gasteiger partial charge on any atom is 0.0403 e. The average molecular weight is 429 g/mol. The highest BCUT2D eigenvalue weighted by Gasteiger charge is 2.18. The summed E-state index contributed by atoms with van der Waals surface area (Å²) >= 11 is 0. The highest BCUT2D eigenvalue weighted by atomic mass is 15.5. The summed E-state index contributed by atoms with van der Waals surface area (Å²) in [7, 11) is 4.06. The van der Waals surface area contributed by atoms with Gasteiger partial charge in [0.15, 0.2) is 0 Å². The molecule has 0 saturated carbocycles. The van der Waals surface area contributed by atoms with Gasteiger partial charge in [0.1, 0.15) is 0 Å². The van der Waals surface area contributed by atoms with E-state index in [1.807, 2.05) is 25.2 Å². The first-order valence-corrected chi connectivity index (χ1v) is 11.5. The summed E-state index contributed by atoms with van der Waals surface area (Å²) in [6, 6.07) is 16.7. The highest BCUT2D eigenvalue weighted by Crippen LogP contribution is 2.39. The molecule has 2 aromatic rings. The zero-order valence-corrected chi connectivity index (χ0v) is 19.6. The molecule has 0 amide bonds. The molecule has 0 aromatic heterocycles. The van der Waals surface area contributed by atoms with Crippen LogP contribution in [0.1, 0.15) is 55.7 Å². The van der Waals surface area contributed by atoms with Gasteiger partial charge in [-0.15, -0.1) is 0 Å². The lowest BCUT2D eigenvalue weighted by atomic mass is 9.82. The predicted octanol–water partition coefficient (Wildman–Crippen LogP) is 6.08. The maximum atomic E-state index is 7.76. The molecular weight excluding hydrogens is 392 g/mol.